The molecule has 3 nitrogen and oxygen atoms in total. The maximum Gasteiger partial charge on any atom is 0.153 e. The number of rotatable bonds is 2. The van der Waals surface area contributed by atoms with E-state index in [9.17, 15) is 4.79 Å². The summed E-state index contributed by atoms with van der Waals surface area (Å²) in [5.41, 5.74) is 4.88. The number of benzene rings is 1. The third-order valence-corrected chi connectivity index (χ3v) is 2.77. The average molecular weight is 214 g/mol. The first-order valence-corrected chi connectivity index (χ1v) is 5.21. The van der Waals surface area contributed by atoms with Crippen molar-refractivity contribution in [2.24, 2.45) is 0 Å². The Hall–Kier alpha value is -1.90. The number of carbonyl (C=O) groups is 1. The Morgan fingerprint density at radius 1 is 1.25 bits per heavy atom. The van der Waals surface area contributed by atoms with Crippen molar-refractivity contribution in [2.45, 2.75) is 20.8 Å². The van der Waals surface area contributed by atoms with Crippen LogP contribution in [0.1, 0.15) is 27.2 Å². The van der Waals surface area contributed by atoms with Gasteiger partial charge >= 0.3 is 0 Å². The monoisotopic (exact) mass is 214 g/mol. The standard InChI is InChI=1S/C13H14N2O/c1-9-4-5-10(2)13(6-9)15-11(3)12(8-16)7-14-15/h4-8H,1-3H3. The molecule has 3 heteroatoms. The molecule has 0 aliphatic carbocycles. The Balaban J connectivity index is 2.62. The minimum absolute atomic E-state index is 0.640. The van der Waals surface area contributed by atoms with Gasteiger partial charge in [-0.3, -0.25) is 4.79 Å². The van der Waals surface area contributed by atoms with Crippen molar-refractivity contribution in [1.29, 1.82) is 0 Å². The zero-order valence-corrected chi connectivity index (χ0v) is 9.69. The van der Waals surface area contributed by atoms with Crippen molar-refractivity contribution in [2.75, 3.05) is 0 Å². The maximum atomic E-state index is 10.8. The van der Waals surface area contributed by atoms with Crippen LogP contribution in [0.4, 0.5) is 0 Å². The first kappa shape index (κ1) is 10.6. The summed E-state index contributed by atoms with van der Waals surface area (Å²) in [6.45, 7) is 5.98. The topological polar surface area (TPSA) is 34.9 Å². The highest BCUT2D eigenvalue weighted by Gasteiger charge is 2.09. The SMILES string of the molecule is Cc1ccc(C)c(-n2ncc(C=O)c2C)c1. The Morgan fingerprint density at radius 2 is 2.00 bits per heavy atom. The molecule has 1 aromatic heterocycles. The van der Waals surface area contributed by atoms with Gasteiger partial charge in [0.05, 0.1) is 23.1 Å². The minimum Gasteiger partial charge on any atom is -0.298 e. The summed E-state index contributed by atoms with van der Waals surface area (Å²) >= 11 is 0. The lowest BCUT2D eigenvalue weighted by Crippen LogP contribution is -2.02. The van der Waals surface area contributed by atoms with E-state index in [0.29, 0.717) is 5.56 Å². The molecule has 0 aliphatic heterocycles. The third-order valence-electron chi connectivity index (χ3n) is 2.77. The molecular weight excluding hydrogens is 200 g/mol. The molecule has 0 radical (unpaired) electrons. The largest absolute Gasteiger partial charge is 0.298 e. The van der Waals surface area contributed by atoms with Crippen LogP contribution < -0.4 is 0 Å². The van der Waals surface area contributed by atoms with Crippen molar-refractivity contribution >= 4 is 6.29 Å². The van der Waals surface area contributed by atoms with Gasteiger partial charge in [0, 0.05) is 0 Å². The van der Waals surface area contributed by atoms with Gasteiger partial charge in [0.1, 0.15) is 0 Å². The molecule has 0 fully saturated rings. The highest BCUT2D eigenvalue weighted by molar-refractivity contribution is 5.76. The minimum atomic E-state index is 0.640. The number of carbonyl (C=O) groups excluding carboxylic acids is 1. The summed E-state index contributed by atoms with van der Waals surface area (Å²) in [6, 6.07) is 6.20. The summed E-state index contributed by atoms with van der Waals surface area (Å²) < 4.78 is 1.81. The molecule has 2 rings (SSSR count). The molecule has 0 saturated carbocycles. The number of aryl methyl sites for hydroxylation is 2. The fraction of sp³-hybridized carbons (Fsp3) is 0.231. The zero-order chi connectivity index (χ0) is 11.7. The van der Waals surface area contributed by atoms with Crippen LogP contribution in [0, 0.1) is 20.8 Å². The van der Waals surface area contributed by atoms with E-state index in [-0.39, 0.29) is 0 Å². The number of nitrogens with zero attached hydrogens (tertiary/aromatic N) is 2. The van der Waals surface area contributed by atoms with Gasteiger partial charge in [-0.15, -0.1) is 0 Å². The molecule has 1 aromatic carbocycles. The van der Waals surface area contributed by atoms with Gasteiger partial charge < -0.3 is 0 Å². The van der Waals surface area contributed by atoms with Gasteiger partial charge in [0.25, 0.3) is 0 Å². The Bertz CT molecular complexity index is 541. The van der Waals surface area contributed by atoms with Gasteiger partial charge in [0.15, 0.2) is 6.29 Å². The first-order valence-electron chi connectivity index (χ1n) is 5.21. The summed E-state index contributed by atoms with van der Waals surface area (Å²) in [5.74, 6) is 0. The molecule has 0 N–H and O–H groups in total. The van der Waals surface area contributed by atoms with Crippen LogP contribution >= 0.6 is 0 Å². The molecule has 0 unspecified atom stereocenters. The lowest BCUT2D eigenvalue weighted by Gasteiger charge is -2.09. The van der Waals surface area contributed by atoms with Crippen LogP contribution in [0.25, 0.3) is 5.69 Å². The van der Waals surface area contributed by atoms with E-state index in [0.717, 1.165) is 23.2 Å². The number of hydrogen-bond acceptors (Lipinski definition) is 2. The van der Waals surface area contributed by atoms with E-state index in [2.05, 4.69) is 23.3 Å². The van der Waals surface area contributed by atoms with Crippen molar-refractivity contribution in [1.82, 2.24) is 9.78 Å². The molecule has 0 amide bonds. The van der Waals surface area contributed by atoms with Crippen molar-refractivity contribution in [3.05, 3.63) is 46.8 Å². The van der Waals surface area contributed by atoms with Crippen LogP contribution in [0.3, 0.4) is 0 Å². The lowest BCUT2D eigenvalue weighted by atomic mass is 10.1. The predicted octanol–water partition coefficient (Wildman–Crippen LogP) is 2.61. The molecule has 0 saturated heterocycles. The molecule has 0 atom stereocenters. The van der Waals surface area contributed by atoms with E-state index in [1.807, 2.05) is 25.5 Å². The molecule has 0 bridgehead atoms. The van der Waals surface area contributed by atoms with Crippen molar-refractivity contribution < 1.29 is 4.79 Å². The van der Waals surface area contributed by atoms with E-state index in [1.165, 1.54) is 5.56 Å². The van der Waals surface area contributed by atoms with E-state index in [1.54, 1.807) is 6.20 Å². The van der Waals surface area contributed by atoms with E-state index < -0.39 is 0 Å². The summed E-state index contributed by atoms with van der Waals surface area (Å²) in [4.78, 5) is 10.8. The van der Waals surface area contributed by atoms with Crippen molar-refractivity contribution in [3.63, 3.8) is 0 Å². The van der Waals surface area contributed by atoms with E-state index in [4.69, 9.17) is 0 Å². The molecular formula is C13H14N2O. The number of hydrogen-bond donors (Lipinski definition) is 0. The van der Waals surface area contributed by atoms with Gasteiger partial charge in [-0.2, -0.15) is 5.10 Å². The van der Waals surface area contributed by atoms with Crippen LogP contribution in [0.15, 0.2) is 24.4 Å². The number of aromatic nitrogens is 2. The highest BCUT2D eigenvalue weighted by Crippen LogP contribution is 2.18. The second kappa shape index (κ2) is 3.93. The van der Waals surface area contributed by atoms with Crippen molar-refractivity contribution in [3.8, 4) is 5.69 Å². The van der Waals surface area contributed by atoms with Gasteiger partial charge in [0.2, 0.25) is 0 Å². The fourth-order valence-electron chi connectivity index (χ4n) is 1.73. The third kappa shape index (κ3) is 1.65. The van der Waals surface area contributed by atoms with Crippen LogP contribution in [-0.2, 0) is 0 Å². The first-order chi connectivity index (χ1) is 7.63. The molecule has 0 spiro atoms. The van der Waals surface area contributed by atoms with Crippen LogP contribution in [0.2, 0.25) is 0 Å². The summed E-state index contributed by atoms with van der Waals surface area (Å²) in [7, 11) is 0. The van der Waals surface area contributed by atoms with Crippen LogP contribution in [-0.4, -0.2) is 16.1 Å². The molecule has 16 heavy (non-hydrogen) atoms. The Labute approximate surface area is 94.7 Å². The Kier molecular flexibility index (Phi) is 2.60. The smallest absolute Gasteiger partial charge is 0.153 e. The Morgan fingerprint density at radius 3 is 2.62 bits per heavy atom. The zero-order valence-electron chi connectivity index (χ0n) is 9.69. The quantitative estimate of drug-likeness (QED) is 0.720. The van der Waals surface area contributed by atoms with Gasteiger partial charge in [-0.25, -0.2) is 4.68 Å². The fourth-order valence-corrected chi connectivity index (χ4v) is 1.73. The molecule has 0 aliphatic rings. The molecule has 2 aromatic rings. The average Bonchev–Trinajstić information content (AvgIpc) is 2.63. The van der Waals surface area contributed by atoms with Crippen LogP contribution in [0.5, 0.6) is 0 Å². The summed E-state index contributed by atoms with van der Waals surface area (Å²) in [5, 5.41) is 4.24. The molecule has 1 heterocycles. The highest BCUT2D eigenvalue weighted by atomic mass is 16.1. The number of aldehydes is 1. The lowest BCUT2D eigenvalue weighted by molar-refractivity contribution is 0.112. The van der Waals surface area contributed by atoms with Gasteiger partial charge in [-0.1, -0.05) is 12.1 Å². The second-order valence-electron chi connectivity index (χ2n) is 4.00. The maximum absolute atomic E-state index is 10.8. The summed E-state index contributed by atoms with van der Waals surface area (Å²) in [6.07, 6.45) is 2.44. The van der Waals surface area contributed by atoms with Gasteiger partial charge in [-0.05, 0) is 38.0 Å². The molecule has 82 valence electrons. The predicted molar refractivity (Wildman–Crippen MR) is 63.2 cm³/mol. The van der Waals surface area contributed by atoms with E-state index >= 15 is 0 Å². The normalized spacial score (nSPS) is 10.4. The second-order valence-corrected chi connectivity index (χ2v) is 4.00.